The third kappa shape index (κ3) is 4.87. The maximum atomic E-state index is 13.7. The number of benzene rings is 2. The SMILES string of the molecule is O=C(NC1(C(=O)NC2CCN(c3ccccc3-n3cnnn3)CC2=O)CCCCC1)c1cc2ccccc2o1. The minimum Gasteiger partial charge on any atom is -0.451 e. The zero-order valence-corrected chi connectivity index (χ0v) is 21.4. The summed E-state index contributed by atoms with van der Waals surface area (Å²) in [5.41, 5.74) is 1.14. The van der Waals surface area contributed by atoms with Gasteiger partial charge in [-0.2, -0.15) is 4.68 Å². The maximum Gasteiger partial charge on any atom is 0.287 e. The van der Waals surface area contributed by atoms with Crippen LogP contribution in [0.1, 0.15) is 49.1 Å². The van der Waals surface area contributed by atoms with Gasteiger partial charge in [-0.3, -0.25) is 14.4 Å². The molecule has 2 aromatic heterocycles. The van der Waals surface area contributed by atoms with Crippen LogP contribution in [-0.2, 0) is 9.59 Å². The van der Waals surface area contributed by atoms with Gasteiger partial charge in [0.1, 0.15) is 17.4 Å². The Morgan fingerprint density at radius 1 is 1.00 bits per heavy atom. The summed E-state index contributed by atoms with van der Waals surface area (Å²) < 4.78 is 7.30. The van der Waals surface area contributed by atoms with E-state index in [0.29, 0.717) is 31.4 Å². The second-order valence-electron chi connectivity index (χ2n) is 10.2. The number of para-hydroxylation sites is 3. The number of piperidine rings is 1. The molecule has 1 aliphatic heterocycles. The molecule has 200 valence electrons. The first-order chi connectivity index (χ1) is 19.0. The van der Waals surface area contributed by atoms with Crippen molar-refractivity contribution in [2.75, 3.05) is 18.0 Å². The number of aromatic nitrogens is 4. The topological polar surface area (TPSA) is 135 Å². The van der Waals surface area contributed by atoms with Gasteiger partial charge in [-0.05, 0) is 54.0 Å². The molecule has 2 aliphatic rings. The molecule has 0 radical (unpaired) electrons. The van der Waals surface area contributed by atoms with E-state index in [1.807, 2.05) is 47.4 Å². The van der Waals surface area contributed by atoms with Crippen LogP contribution in [-0.4, -0.2) is 62.5 Å². The lowest BCUT2D eigenvalue weighted by molar-refractivity contribution is -0.133. The second-order valence-corrected chi connectivity index (χ2v) is 10.2. The molecule has 0 spiro atoms. The number of hydrogen-bond donors (Lipinski definition) is 2. The van der Waals surface area contributed by atoms with Crippen LogP contribution in [0.4, 0.5) is 5.69 Å². The van der Waals surface area contributed by atoms with Crippen molar-refractivity contribution < 1.29 is 18.8 Å². The van der Waals surface area contributed by atoms with E-state index < -0.39 is 17.5 Å². The van der Waals surface area contributed by atoms with Crippen LogP contribution in [0.3, 0.4) is 0 Å². The standard InChI is InChI=1S/C28H29N7O4/c36-23-17-34(21-9-3-4-10-22(21)35-18-29-32-33-35)15-12-20(23)30-27(38)28(13-6-1-7-14-28)31-26(37)25-16-19-8-2-5-11-24(19)39-25/h2-5,8-11,16,18,20H,1,6-7,12-15,17H2,(H,30,38)(H,31,37). The number of hydrogen-bond acceptors (Lipinski definition) is 8. The quantitative estimate of drug-likeness (QED) is 0.391. The lowest BCUT2D eigenvalue weighted by Crippen LogP contribution is -2.63. The number of nitrogens with zero attached hydrogens (tertiary/aromatic N) is 5. The number of nitrogens with one attached hydrogen (secondary N) is 2. The van der Waals surface area contributed by atoms with Gasteiger partial charge in [0.2, 0.25) is 5.91 Å². The number of rotatable bonds is 6. The highest BCUT2D eigenvalue weighted by Gasteiger charge is 2.43. The van der Waals surface area contributed by atoms with Gasteiger partial charge in [0.05, 0.1) is 24.0 Å². The normalized spacial score (nSPS) is 19.1. The molecule has 1 saturated carbocycles. The van der Waals surface area contributed by atoms with Gasteiger partial charge in [-0.25, -0.2) is 0 Å². The Labute approximate surface area is 224 Å². The first kappa shape index (κ1) is 24.8. The Bertz CT molecular complexity index is 1470. The summed E-state index contributed by atoms with van der Waals surface area (Å²) in [5.74, 6) is -0.661. The highest BCUT2D eigenvalue weighted by atomic mass is 16.3. The zero-order chi connectivity index (χ0) is 26.8. The van der Waals surface area contributed by atoms with E-state index in [-0.39, 0.29) is 24.0 Å². The van der Waals surface area contributed by atoms with Crippen molar-refractivity contribution in [2.24, 2.45) is 0 Å². The first-order valence-corrected chi connectivity index (χ1v) is 13.2. The van der Waals surface area contributed by atoms with E-state index in [4.69, 9.17) is 4.42 Å². The summed E-state index contributed by atoms with van der Waals surface area (Å²) in [6, 6.07) is 16.1. The number of carbonyl (C=O) groups excluding carboxylic acids is 3. The summed E-state index contributed by atoms with van der Waals surface area (Å²) in [6.45, 7) is 0.705. The van der Waals surface area contributed by atoms with Gasteiger partial charge >= 0.3 is 0 Å². The molecule has 3 heterocycles. The monoisotopic (exact) mass is 527 g/mol. The van der Waals surface area contributed by atoms with Crippen molar-refractivity contribution in [3.8, 4) is 5.69 Å². The fourth-order valence-electron chi connectivity index (χ4n) is 5.61. The lowest BCUT2D eigenvalue weighted by Gasteiger charge is -2.39. The lowest BCUT2D eigenvalue weighted by atomic mass is 9.80. The van der Waals surface area contributed by atoms with Crippen LogP contribution in [0, 0.1) is 0 Å². The van der Waals surface area contributed by atoms with Crippen molar-refractivity contribution in [3.63, 3.8) is 0 Å². The number of amides is 2. The van der Waals surface area contributed by atoms with Crippen molar-refractivity contribution in [1.29, 1.82) is 0 Å². The average Bonchev–Trinajstić information content (AvgIpc) is 3.65. The Morgan fingerprint density at radius 3 is 2.51 bits per heavy atom. The number of anilines is 1. The average molecular weight is 528 g/mol. The first-order valence-electron chi connectivity index (χ1n) is 13.2. The smallest absolute Gasteiger partial charge is 0.287 e. The van der Waals surface area contributed by atoms with E-state index in [9.17, 15) is 14.4 Å². The minimum absolute atomic E-state index is 0.0873. The number of fused-ring (bicyclic) bond motifs is 1. The maximum absolute atomic E-state index is 13.7. The Morgan fingerprint density at radius 2 is 1.77 bits per heavy atom. The molecule has 11 heteroatoms. The van der Waals surface area contributed by atoms with Crippen LogP contribution in [0.15, 0.2) is 65.3 Å². The molecule has 1 saturated heterocycles. The molecule has 6 rings (SSSR count). The molecule has 4 aromatic rings. The van der Waals surface area contributed by atoms with Crippen molar-refractivity contribution >= 4 is 34.3 Å². The van der Waals surface area contributed by atoms with Crippen LogP contribution >= 0.6 is 0 Å². The Hall–Kier alpha value is -4.54. The third-order valence-corrected chi connectivity index (χ3v) is 7.69. The van der Waals surface area contributed by atoms with Gasteiger partial charge in [0, 0.05) is 11.9 Å². The van der Waals surface area contributed by atoms with Crippen LogP contribution in [0.5, 0.6) is 0 Å². The fraction of sp³-hybridized carbons (Fsp3) is 0.357. The predicted octanol–water partition coefficient (Wildman–Crippen LogP) is 2.81. The van der Waals surface area contributed by atoms with E-state index in [0.717, 1.165) is 36.0 Å². The van der Waals surface area contributed by atoms with E-state index >= 15 is 0 Å². The largest absolute Gasteiger partial charge is 0.451 e. The molecular weight excluding hydrogens is 498 g/mol. The molecular formula is C28H29N7O4. The number of Topliss-reactive ketones (excluding diaryl/α,β-unsaturated/α-hetero) is 1. The molecule has 2 aromatic carbocycles. The Kier molecular flexibility index (Phi) is 6.55. The van der Waals surface area contributed by atoms with Crippen molar-refractivity contribution in [3.05, 3.63) is 66.7 Å². The predicted molar refractivity (Wildman–Crippen MR) is 142 cm³/mol. The summed E-state index contributed by atoms with van der Waals surface area (Å²) in [6.07, 6.45) is 5.60. The fourth-order valence-corrected chi connectivity index (χ4v) is 5.61. The Balaban J connectivity index is 1.15. The van der Waals surface area contributed by atoms with E-state index in [1.165, 1.54) is 6.33 Å². The molecule has 11 nitrogen and oxygen atoms in total. The van der Waals surface area contributed by atoms with Gasteiger partial charge in [0.25, 0.3) is 5.91 Å². The van der Waals surface area contributed by atoms with E-state index in [2.05, 4.69) is 26.2 Å². The van der Waals surface area contributed by atoms with Crippen molar-refractivity contribution in [2.45, 2.75) is 50.1 Å². The second kappa shape index (κ2) is 10.3. The number of tetrazole rings is 1. The van der Waals surface area contributed by atoms with Crippen LogP contribution in [0.25, 0.3) is 16.7 Å². The third-order valence-electron chi connectivity index (χ3n) is 7.69. The molecule has 2 N–H and O–H groups in total. The summed E-state index contributed by atoms with van der Waals surface area (Å²) in [4.78, 5) is 42.1. The molecule has 2 fully saturated rings. The number of ketones is 1. The molecule has 39 heavy (non-hydrogen) atoms. The molecule has 0 bridgehead atoms. The van der Waals surface area contributed by atoms with Crippen LogP contribution in [0.2, 0.25) is 0 Å². The zero-order valence-electron chi connectivity index (χ0n) is 21.4. The summed E-state index contributed by atoms with van der Waals surface area (Å²) in [7, 11) is 0. The van der Waals surface area contributed by atoms with Gasteiger partial charge < -0.3 is 20.0 Å². The number of furan rings is 1. The molecule has 1 atom stereocenters. The molecule has 1 unspecified atom stereocenters. The number of carbonyl (C=O) groups is 3. The summed E-state index contributed by atoms with van der Waals surface area (Å²) in [5, 5.41) is 18.2. The van der Waals surface area contributed by atoms with E-state index in [1.54, 1.807) is 16.8 Å². The van der Waals surface area contributed by atoms with Gasteiger partial charge in [-0.15, -0.1) is 5.10 Å². The minimum atomic E-state index is -1.08. The van der Waals surface area contributed by atoms with Gasteiger partial charge in [0.15, 0.2) is 11.5 Å². The highest BCUT2D eigenvalue weighted by molar-refractivity contribution is 6.01. The van der Waals surface area contributed by atoms with Gasteiger partial charge in [-0.1, -0.05) is 49.6 Å². The van der Waals surface area contributed by atoms with Crippen LogP contribution < -0.4 is 15.5 Å². The summed E-state index contributed by atoms with van der Waals surface area (Å²) >= 11 is 0. The molecule has 1 aliphatic carbocycles. The highest BCUT2D eigenvalue weighted by Crippen LogP contribution is 2.31. The van der Waals surface area contributed by atoms with Crippen molar-refractivity contribution in [1.82, 2.24) is 30.8 Å². The molecule has 2 amide bonds.